The van der Waals surface area contributed by atoms with E-state index in [2.05, 4.69) is 4.98 Å². The Bertz CT molecular complexity index is 807. The van der Waals surface area contributed by atoms with Crippen LogP contribution in [0.4, 0.5) is 0 Å². The van der Waals surface area contributed by atoms with Crippen LogP contribution in [0, 0.1) is 6.92 Å². The van der Waals surface area contributed by atoms with Gasteiger partial charge in [-0.3, -0.25) is 4.98 Å². The van der Waals surface area contributed by atoms with Crippen molar-refractivity contribution in [3.63, 3.8) is 0 Å². The lowest BCUT2D eigenvalue weighted by Crippen LogP contribution is -1.99. The van der Waals surface area contributed by atoms with Crippen LogP contribution in [0.2, 0.25) is 0 Å². The van der Waals surface area contributed by atoms with Crippen LogP contribution in [0.1, 0.15) is 5.56 Å². The third-order valence-electron chi connectivity index (χ3n) is 3.10. The molecule has 0 radical (unpaired) electrons. The quantitative estimate of drug-likeness (QED) is 0.677. The summed E-state index contributed by atoms with van der Waals surface area (Å²) < 4.78 is 5.20. The number of aromatic nitrogens is 1. The molecular weight excluding hydrogens is 242 g/mol. The molecule has 19 heavy (non-hydrogen) atoms. The maximum Gasteiger partial charge on any atom is 0.336 e. The first-order valence-corrected chi connectivity index (χ1v) is 5.83. The Morgan fingerprint density at radius 2 is 2.11 bits per heavy atom. The van der Waals surface area contributed by atoms with E-state index >= 15 is 0 Å². The van der Waals surface area contributed by atoms with Crippen LogP contribution >= 0.6 is 0 Å². The zero-order valence-corrected chi connectivity index (χ0v) is 10.3. The first-order chi connectivity index (χ1) is 9.16. The predicted molar refractivity (Wildman–Crippen MR) is 72.1 cm³/mol. The fourth-order valence-electron chi connectivity index (χ4n) is 2.11. The molecule has 0 aliphatic heterocycles. The molecular formula is C15H11NO3. The number of rotatable bonds is 1. The molecule has 0 bridgehead atoms. The van der Waals surface area contributed by atoms with Crippen LogP contribution in [0.5, 0.6) is 5.75 Å². The van der Waals surface area contributed by atoms with Crippen molar-refractivity contribution in [2.24, 2.45) is 0 Å². The van der Waals surface area contributed by atoms with Crippen molar-refractivity contribution < 1.29 is 9.52 Å². The van der Waals surface area contributed by atoms with Crippen molar-refractivity contribution in [1.29, 1.82) is 0 Å². The third-order valence-corrected chi connectivity index (χ3v) is 3.10. The molecule has 4 heteroatoms. The van der Waals surface area contributed by atoms with E-state index in [0.29, 0.717) is 11.1 Å². The van der Waals surface area contributed by atoms with Crippen LogP contribution in [-0.4, -0.2) is 10.1 Å². The Kier molecular flexibility index (Phi) is 2.56. The summed E-state index contributed by atoms with van der Waals surface area (Å²) in [4.78, 5) is 15.7. The smallest absolute Gasteiger partial charge is 0.336 e. The number of nitrogens with zero attached hydrogens (tertiary/aromatic N) is 1. The van der Waals surface area contributed by atoms with Crippen molar-refractivity contribution in [1.82, 2.24) is 4.98 Å². The second kappa shape index (κ2) is 4.24. The molecule has 0 atom stereocenters. The predicted octanol–water partition coefficient (Wildman–Crippen LogP) is 2.87. The molecule has 3 aromatic rings. The molecule has 0 aliphatic rings. The Hall–Kier alpha value is -2.62. The van der Waals surface area contributed by atoms with Crippen LogP contribution in [0.15, 0.2) is 51.9 Å². The van der Waals surface area contributed by atoms with Crippen LogP contribution in [0.25, 0.3) is 22.1 Å². The Morgan fingerprint density at radius 3 is 2.84 bits per heavy atom. The van der Waals surface area contributed by atoms with Gasteiger partial charge in [0.2, 0.25) is 0 Å². The standard InChI is InChI=1S/C15H11NO3/c1-9-13(17)5-4-11-12(7-14(18)19-15(9)11)10-3-2-6-16-8-10/h2-8,17H,1H3. The topological polar surface area (TPSA) is 63.3 Å². The molecule has 0 aliphatic carbocycles. The highest BCUT2D eigenvalue weighted by atomic mass is 16.4. The van der Waals surface area contributed by atoms with Gasteiger partial charge in [0.05, 0.1) is 0 Å². The molecule has 3 rings (SSSR count). The maximum absolute atomic E-state index is 11.7. The van der Waals surface area contributed by atoms with E-state index in [1.54, 1.807) is 31.5 Å². The number of aryl methyl sites for hydroxylation is 1. The highest BCUT2D eigenvalue weighted by Gasteiger charge is 2.11. The van der Waals surface area contributed by atoms with E-state index in [1.165, 1.54) is 6.07 Å². The second-order valence-electron chi connectivity index (χ2n) is 4.31. The zero-order chi connectivity index (χ0) is 13.4. The molecule has 0 amide bonds. The minimum Gasteiger partial charge on any atom is -0.508 e. The highest BCUT2D eigenvalue weighted by Crippen LogP contribution is 2.31. The van der Waals surface area contributed by atoms with Gasteiger partial charge in [-0.2, -0.15) is 0 Å². The Morgan fingerprint density at radius 1 is 1.26 bits per heavy atom. The van der Waals surface area contributed by atoms with Gasteiger partial charge in [-0.05, 0) is 25.1 Å². The molecule has 1 N–H and O–H groups in total. The first kappa shape index (κ1) is 11.5. The van der Waals surface area contributed by atoms with Gasteiger partial charge in [-0.15, -0.1) is 0 Å². The molecule has 1 aromatic carbocycles. The number of aromatic hydroxyl groups is 1. The Balaban J connectivity index is 2.44. The minimum atomic E-state index is -0.444. The van der Waals surface area contributed by atoms with Crippen molar-refractivity contribution in [2.45, 2.75) is 6.92 Å². The summed E-state index contributed by atoms with van der Waals surface area (Å²) in [5.74, 6) is 0.110. The molecule has 0 unspecified atom stereocenters. The van der Waals surface area contributed by atoms with Gasteiger partial charge >= 0.3 is 5.63 Å². The van der Waals surface area contributed by atoms with Gasteiger partial charge < -0.3 is 9.52 Å². The zero-order valence-electron chi connectivity index (χ0n) is 10.3. The first-order valence-electron chi connectivity index (χ1n) is 5.83. The third kappa shape index (κ3) is 1.87. The fourth-order valence-corrected chi connectivity index (χ4v) is 2.11. The maximum atomic E-state index is 11.7. The minimum absolute atomic E-state index is 0.110. The average molecular weight is 253 g/mol. The lowest BCUT2D eigenvalue weighted by atomic mass is 10.0. The van der Waals surface area contributed by atoms with Crippen molar-refractivity contribution in [3.8, 4) is 16.9 Å². The van der Waals surface area contributed by atoms with Gasteiger partial charge in [-0.25, -0.2) is 4.79 Å². The normalized spacial score (nSPS) is 10.8. The van der Waals surface area contributed by atoms with Gasteiger partial charge in [0.15, 0.2) is 0 Å². The summed E-state index contributed by atoms with van der Waals surface area (Å²) in [6.07, 6.45) is 3.37. The van der Waals surface area contributed by atoms with E-state index < -0.39 is 5.63 Å². The van der Waals surface area contributed by atoms with Crippen molar-refractivity contribution in [2.75, 3.05) is 0 Å². The van der Waals surface area contributed by atoms with E-state index in [0.717, 1.165) is 16.5 Å². The molecule has 2 aromatic heterocycles. The van der Waals surface area contributed by atoms with Crippen LogP contribution in [-0.2, 0) is 0 Å². The van der Waals surface area contributed by atoms with E-state index in [4.69, 9.17) is 4.42 Å². The number of pyridine rings is 1. The van der Waals surface area contributed by atoms with E-state index in [9.17, 15) is 9.90 Å². The molecule has 0 saturated carbocycles. The lowest BCUT2D eigenvalue weighted by Gasteiger charge is -2.07. The summed E-state index contributed by atoms with van der Waals surface area (Å²) in [5, 5.41) is 10.5. The fraction of sp³-hybridized carbons (Fsp3) is 0.0667. The summed E-state index contributed by atoms with van der Waals surface area (Å²) in [7, 11) is 0. The van der Waals surface area contributed by atoms with Crippen molar-refractivity contribution in [3.05, 3.63) is 58.7 Å². The number of phenolic OH excluding ortho intramolecular Hbond substituents is 1. The second-order valence-corrected chi connectivity index (χ2v) is 4.31. The van der Waals surface area contributed by atoms with Gasteiger partial charge in [0, 0.05) is 40.5 Å². The molecule has 94 valence electrons. The molecule has 0 fully saturated rings. The summed E-state index contributed by atoms with van der Waals surface area (Å²) >= 11 is 0. The van der Waals surface area contributed by atoms with E-state index in [1.807, 2.05) is 12.1 Å². The molecule has 0 spiro atoms. The number of fused-ring (bicyclic) bond motifs is 1. The van der Waals surface area contributed by atoms with Gasteiger partial charge in [0.25, 0.3) is 0 Å². The van der Waals surface area contributed by atoms with Gasteiger partial charge in [-0.1, -0.05) is 6.07 Å². The highest BCUT2D eigenvalue weighted by molar-refractivity contribution is 5.95. The molecule has 0 saturated heterocycles. The number of benzene rings is 1. The van der Waals surface area contributed by atoms with Crippen LogP contribution in [0.3, 0.4) is 0 Å². The SMILES string of the molecule is Cc1c(O)ccc2c(-c3cccnc3)cc(=O)oc12. The van der Waals surface area contributed by atoms with E-state index in [-0.39, 0.29) is 5.75 Å². The Labute approximate surface area is 109 Å². The lowest BCUT2D eigenvalue weighted by molar-refractivity contribution is 0.468. The summed E-state index contributed by atoms with van der Waals surface area (Å²) in [6, 6.07) is 8.46. The number of hydrogen-bond donors (Lipinski definition) is 1. The number of phenols is 1. The molecule has 4 nitrogen and oxygen atoms in total. The largest absolute Gasteiger partial charge is 0.508 e. The summed E-state index contributed by atoms with van der Waals surface area (Å²) in [5.41, 5.74) is 2.11. The van der Waals surface area contributed by atoms with Crippen LogP contribution < -0.4 is 5.63 Å². The number of hydrogen-bond acceptors (Lipinski definition) is 4. The molecule has 2 heterocycles. The average Bonchev–Trinajstić information content (AvgIpc) is 2.44. The monoisotopic (exact) mass is 253 g/mol. The van der Waals surface area contributed by atoms with Crippen molar-refractivity contribution >= 4 is 11.0 Å². The van der Waals surface area contributed by atoms with Gasteiger partial charge in [0.1, 0.15) is 11.3 Å². The summed E-state index contributed by atoms with van der Waals surface area (Å²) in [6.45, 7) is 1.72.